The van der Waals surface area contributed by atoms with Crippen LogP contribution in [0, 0.1) is 23.2 Å². The van der Waals surface area contributed by atoms with Crippen molar-refractivity contribution in [3.05, 3.63) is 29.8 Å². The third-order valence-corrected chi connectivity index (χ3v) is 7.26. The van der Waals surface area contributed by atoms with Gasteiger partial charge in [0, 0.05) is 6.04 Å². The highest BCUT2D eigenvalue weighted by Gasteiger charge is 2.53. The zero-order valence-electron chi connectivity index (χ0n) is 17.5. The van der Waals surface area contributed by atoms with Crippen molar-refractivity contribution >= 4 is 11.9 Å². The van der Waals surface area contributed by atoms with E-state index in [1.54, 1.807) is 0 Å². The van der Waals surface area contributed by atoms with E-state index in [0.29, 0.717) is 0 Å². The number of nitrogens with one attached hydrogen (secondary N) is 1. The lowest BCUT2D eigenvalue weighted by molar-refractivity contribution is -0.151. The normalized spacial score (nSPS) is 30.0. The molecule has 170 valence electrons. The topological polar surface area (TPSA) is 64.6 Å². The molecule has 4 saturated carbocycles. The Labute approximate surface area is 179 Å². The first-order valence-corrected chi connectivity index (χ1v) is 10.9. The summed E-state index contributed by atoms with van der Waals surface area (Å²) < 4.78 is 48.2. The number of esters is 1. The van der Waals surface area contributed by atoms with Gasteiger partial charge in [0.25, 0.3) is 5.91 Å². The second-order valence-corrected chi connectivity index (χ2v) is 9.54. The van der Waals surface area contributed by atoms with Crippen LogP contribution in [0.2, 0.25) is 0 Å². The molecule has 4 aliphatic carbocycles. The van der Waals surface area contributed by atoms with E-state index in [2.05, 4.69) is 5.32 Å². The number of amides is 1. The average Bonchev–Trinajstić information content (AvgIpc) is 2.69. The van der Waals surface area contributed by atoms with Gasteiger partial charge in [-0.2, -0.15) is 13.2 Å². The first-order chi connectivity index (χ1) is 14.6. The van der Waals surface area contributed by atoms with Crippen molar-refractivity contribution < 1.29 is 32.2 Å². The molecule has 4 fully saturated rings. The van der Waals surface area contributed by atoms with Crippen LogP contribution in [0.1, 0.15) is 51.0 Å². The van der Waals surface area contributed by atoms with Crippen molar-refractivity contribution in [2.45, 2.75) is 57.7 Å². The molecule has 0 radical (unpaired) electrons. The maximum absolute atomic E-state index is 12.7. The summed E-state index contributed by atoms with van der Waals surface area (Å²) in [7, 11) is 0. The van der Waals surface area contributed by atoms with Crippen LogP contribution in [0.25, 0.3) is 0 Å². The quantitative estimate of drug-likeness (QED) is 0.642. The third kappa shape index (κ3) is 4.99. The van der Waals surface area contributed by atoms with Gasteiger partial charge in [-0.25, -0.2) is 4.79 Å². The van der Waals surface area contributed by atoms with Crippen LogP contribution < -0.4 is 10.1 Å². The Morgan fingerprint density at radius 2 is 1.71 bits per heavy atom. The molecule has 0 heterocycles. The summed E-state index contributed by atoms with van der Waals surface area (Å²) in [5.74, 6) is 1.06. The van der Waals surface area contributed by atoms with E-state index in [1.807, 2.05) is 6.92 Å². The number of benzene rings is 1. The lowest BCUT2D eigenvalue weighted by Crippen LogP contribution is -2.56. The van der Waals surface area contributed by atoms with Crippen LogP contribution >= 0.6 is 0 Å². The summed E-state index contributed by atoms with van der Waals surface area (Å²) >= 11 is 0. The summed E-state index contributed by atoms with van der Waals surface area (Å²) in [5, 5.41) is 3.01. The minimum atomic E-state index is -4.49. The molecule has 5 rings (SSSR count). The molecule has 0 aliphatic heterocycles. The van der Waals surface area contributed by atoms with Crippen molar-refractivity contribution in [1.29, 1.82) is 0 Å². The highest BCUT2D eigenvalue weighted by atomic mass is 19.4. The van der Waals surface area contributed by atoms with Gasteiger partial charge in [0.1, 0.15) is 5.75 Å². The van der Waals surface area contributed by atoms with Crippen molar-refractivity contribution in [2.24, 2.45) is 23.2 Å². The van der Waals surface area contributed by atoms with Crippen LogP contribution in [-0.4, -0.2) is 31.1 Å². The third-order valence-electron chi connectivity index (χ3n) is 7.26. The molecule has 4 aliphatic rings. The van der Waals surface area contributed by atoms with E-state index < -0.39 is 30.9 Å². The minimum absolute atomic E-state index is 0.0217. The van der Waals surface area contributed by atoms with Gasteiger partial charge in [0.15, 0.2) is 13.2 Å². The Morgan fingerprint density at radius 3 is 2.29 bits per heavy atom. The monoisotopic (exact) mass is 439 g/mol. The zero-order chi connectivity index (χ0) is 22.2. The Hall–Kier alpha value is -2.25. The van der Waals surface area contributed by atoms with Crippen LogP contribution in [0.4, 0.5) is 13.2 Å². The molecule has 31 heavy (non-hydrogen) atoms. The van der Waals surface area contributed by atoms with Crippen molar-refractivity contribution in [3.8, 4) is 5.75 Å². The zero-order valence-corrected chi connectivity index (χ0v) is 17.5. The molecular formula is C23H28F3NO4. The fourth-order valence-corrected chi connectivity index (χ4v) is 6.24. The predicted octanol–water partition coefficient (Wildman–Crippen LogP) is 4.35. The van der Waals surface area contributed by atoms with E-state index in [9.17, 15) is 22.8 Å². The van der Waals surface area contributed by atoms with Crippen LogP contribution in [0.3, 0.4) is 0 Å². The van der Waals surface area contributed by atoms with Crippen molar-refractivity contribution in [1.82, 2.24) is 5.32 Å². The van der Waals surface area contributed by atoms with Gasteiger partial charge in [-0.3, -0.25) is 4.79 Å². The van der Waals surface area contributed by atoms with Gasteiger partial charge < -0.3 is 14.8 Å². The number of halogens is 3. The molecule has 1 aromatic carbocycles. The number of alkyl halides is 3. The van der Waals surface area contributed by atoms with Crippen LogP contribution in [0.5, 0.6) is 5.75 Å². The van der Waals surface area contributed by atoms with Crippen molar-refractivity contribution in [2.75, 3.05) is 13.2 Å². The Kier molecular flexibility index (Phi) is 5.92. The molecule has 0 spiro atoms. The molecule has 5 nitrogen and oxygen atoms in total. The maximum atomic E-state index is 12.7. The van der Waals surface area contributed by atoms with Gasteiger partial charge in [0.05, 0.1) is 5.56 Å². The summed E-state index contributed by atoms with van der Waals surface area (Å²) in [5.41, 5.74) is -0.711. The second-order valence-electron chi connectivity index (χ2n) is 9.54. The molecular weight excluding hydrogens is 411 g/mol. The fourth-order valence-electron chi connectivity index (χ4n) is 6.24. The standard InChI is InChI=1S/C23H28F3NO4/c1-14(22-9-15-5-16(10-22)7-17(6-15)11-22)27-20(28)12-31-21(29)13-30-19-4-2-3-18(8-19)23(24,25)26/h2-4,8,14-17H,5-7,9-13H2,1H3,(H,27,28)/t14-,15?,16?,17?,22?/m0/s1. The molecule has 4 bridgehead atoms. The van der Waals surface area contributed by atoms with Crippen LogP contribution in [-0.2, 0) is 20.5 Å². The number of carbonyl (C=O) groups excluding carboxylic acids is 2. The Morgan fingerprint density at radius 1 is 1.10 bits per heavy atom. The summed E-state index contributed by atoms with van der Waals surface area (Å²) in [6, 6.07) is 4.27. The highest BCUT2D eigenvalue weighted by Crippen LogP contribution is 2.61. The van der Waals surface area contributed by atoms with E-state index >= 15 is 0 Å². The minimum Gasteiger partial charge on any atom is -0.482 e. The molecule has 0 saturated heterocycles. The first-order valence-electron chi connectivity index (χ1n) is 10.9. The fraction of sp³-hybridized carbons (Fsp3) is 0.652. The van der Waals surface area contributed by atoms with Gasteiger partial charge in [0.2, 0.25) is 0 Å². The van der Waals surface area contributed by atoms with Gasteiger partial charge in [-0.05, 0) is 86.8 Å². The van der Waals surface area contributed by atoms with Gasteiger partial charge in [-0.15, -0.1) is 0 Å². The molecule has 1 N–H and O–H groups in total. The summed E-state index contributed by atoms with van der Waals surface area (Å²) in [6.07, 6.45) is 2.95. The van der Waals surface area contributed by atoms with E-state index in [1.165, 1.54) is 31.4 Å². The molecule has 1 amide bonds. The predicted molar refractivity (Wildman–Crippen MR) is 106 cm³/mol. The van der Waals surface area contributed by atoms with E-state index in [4.69, 9.17) is 9.47 Å². The molecule has 8 heteroatoms. The Bertz CT molecular complexity index is 803. The largest absolute Gasteiger partial charge is 0.482 e. The van der Waals surface area contributed by atoms with Gasteiger partial charge >= 0.3 is 12.1 Å². The van der Waals surface area contributed by atoms with Crippen molar-refractivity contribution in [3.63, 3.8) is 0 Å². The maximum Gasteiger partial charge on any atom is 0.416 e. The second kappa shape index (κ2) is 8.36. The average molecular weight is 439 g/mol. The lowest BCUT2D eigenvalue weighted by Gasteiger charge is -2.59. The van der Waals surface area contributed by atoms with E-state index in [-0.39, 0.29) is 23.1 Å². The molecule has 1 atom stereocenters. The van der Waals surface area contributed by atoms with Gasteiger partial charge in [-0.1, -0.05) is 6.07 Å². The highest BCUT2D eigenvalue weighted by molar-refractivity contribution is 5.81. The number of rotatable bonds is 7. The molecule has 0 aromatic heterocycles. The number of hydrogen-bond donors (Lipinski definition) is 1. The molecule has 0 unspecified atom stereocenters. The number of carbonyl (C=O) groups is 2. The molecule has 1 aromatic rings. The number of ether oxygens (including phenoxy) is 2. The van der Waals surface area contributed by atoms with E-state index in [0.717, 1.165) is 49.1 Å². The Balaban J connectivity index is 1.22. The lowest BCUT2D eigenvalue weighted by atomic mass is 9.48. The SMILES string of the molecule is C[C@H](NC(=O)COC(=O)COc1cccc(C(F)(F)F)c1)C12CC3CC(CC(C3)C1)C2. The summed E-state index contributed by atoms with van der Waals surface area (Å²) in [4.78, 5) is 24.2. The first kappa shape index (κ1) is 22.0. The number of hydrogen-bond acceptors (Lipinski definition) is 4. The summed E-state index contributed by atoms with van der Waals surface area (Å²) in [6.45, 7) is 1.05. The smallest absolute Gasteiger partial charge is 0.416 e. The van der Waals surface area contributed by atoms with Crippen LogP contribution in [0.15, 0.2) is 24.3 Å².